The molecule has 0 aliphatic carbocycles. The van der Waals surface area contributed by atoms with Crippen LogP contribution in [-0.2, 0) is 10.5 Å². The van der Waals surface area contributed by atoms with E-state index in [0.29, 0.717) is 11.5 Å². The first-order valence-electron chi connectivity index (χ1n) is 8.01. The second kappa shape index (κ2) is 7.78. The summed E-state index contributed by atoms with van der Waals surface area (Å²) in [5, 5.41) is 19.1. The molecule has 0 spiro atoms. The summed E-state index contributed by atoms with van der Waals surface area (Å²) in [5.74, 6) is 1.68. The van der Waals surface area contributed by atoms with Crippen LogP contribution in [0.15, 0.2) is 0 Å². The summed E-state index contributed by atoms with van der Waals surface area (Å²) in [6.45, 7) is 12.1. The Kier molecular flexibility index (Phi) is 5.98. The molecular weight excluding hydrogens is 326 g/mol. The molecule has 0 radical (unpaired) electrons. The molecule has 0 aromatic carbocycles. The predicted octanol–water partition coefficient (Wildman–Crippen LogP) is 2.52. The number of hydrogen-bond acceptors (Lipinski definition) is 6. The fourth-order valence-electron chi connectivity index (χ4n) is 2.47. The molecule has 0 unspecified atom stereocenters. The molecule has 9 heteroatoms. The lowest BCUT2D eigenvalue weighted by Gasteiger charge is -2.10. The molecule has 2 heterocycles. The fraction of sp³-hybridized carbons (Fsp3) is 0.667. The number of amides is 1. The van der Waals surface area contributed by atoms with Gasteiger partial charge in [-0.3, -0.25) is 9.48 Å². The number of carbonyl (C=O) groups is 1. The summed E-state index contributed by atoms with van der Waals surface area (Å²) < 4.78 is 3.70. The number of aromatic nitrogens is 6. The third kappa shape index (κ3) is 4.14. The molecule has 0 bridgehead atoms. The number of nitrogens with zero attached hydrogens (tertiary/aromatic N) is 6. The van der Waals surface area contributed by atoms with Crippen molar-refractivity contribution >= 4 is 23.4 Å². The van der Waals surface area contributed by atoms with Crippen molar-refractivity contribution in [3.63, 3.8) is 0 Å². The SMILES string of the molecule is Cc1nn(C(C)C)c(C)c1NC(=O)CSCc1nnnn1C(C)C. The van der Waals surface area contributed by atoms with Crippen LogP contribution < -0.4 is 5.32 Å². The van der Waals surface area contributed by atoms with Crippen molar-refractivity contribution in [3.05, 3.63) is 17.2 Å². The maximum absolute atomic E-state index is 12.2. The lowest BCUT2D eigenvalue weighted by molar-refractivity contribution is -0.113. The van der Waals surface area contributed by atoms with Crippen LogP contribution >= 0.6 is 11.8 Å². The third-order valence-electron chi connectivity index (χ3n) is 3.59. The smallest absolute Gasteiger partial charge is 0.234 e. The van der Waals surface area contributed by atoms with Crippen molar-refractivity contribution in [3.8, 4) is 0 Å². The normalized spacial score (nSPS) is 11.5. The monoisotopic (exact) mass is 351 g/mol. The number of hydrogen-bond donors (Lipinski definition) is 1. The first-order chi connectivity index (χ1) is 11.3. The Bertz CT molecular complexity index is 705. The quantitative estimate of drug-likeness (QED) is 0.824. The van der Waals surface area contributed by atoms with Crippen LogP contribution in [0.3, 0.4) is 0 Å². The largest absolute Gasteiger partial charge is 0.322 e. The average molecular weight is 351 g/mol. The van der Waals surface area contributed by atoms with Crippen LogP contribution in [0.1, 0.15) is 57.0 Å². The van der Waals surface area contributed by atoms with E-state index >= 15 is 0 Å². The Labute approximate surface area is 146 Å². The molecule has 0 aliphatic rings. The second-order valence-electron chi connectivity index (χ2n) is 6.26. The van der Waals surface area contributed by atoms with Crippen LogP contribution in [0, 0.1) is 13.8 Å². The van der Waals surface area contributed by atoms with Crippen LogP contribution in [0.5, 0.6) is 0 Å². The van der Waals surface area contributed by atoms with Gasteiger partial charge < -0.3 is 5.32 Å². The lowest BCUT2D eigenvalue weighted by atomic mass is 10.3. The van der Waals surface area contributed by atoms with Gasteiger partial charge in [0.1, 0.15) is 0 Å². The molecular formula is C15H25N7OS. The van der Waals surface area contributed by atoms with Crippen molar-refractivity contribution in [1.29, 1.82) is 0 Å². The molecule has 8 nitrogen and oxygen atoms in total. The zero-order valence-electron chi connectivity index (χ0n) is 15.1. The number of anilines is 1. The van der Waals surface area contributed by atoms with Gasteiger partial charge in [-0.25, -0.2) is 4.68 Å². The minimum Gasteiger partial charge on any atom is -0.322 e. The Hall–Kier alpha value is -1.90. The third-order valence-corrected chi connectivity index (χ3v) is 4.52. The van der Waals surface area contributed by atoms with E-state index in [2.05, 4.69) is 39.8 Å². The summed E-state index contributed by atoms with van der Waals surface area (Å²) in [6, 6.07) is 0.468. The number of thioether (sulfide) groups is 1. The van der Waals surface area contributed by atoms with Crippen molar-refractivity contribution < 1.29 is 4.79 Å². The predicted molar refractivity (Wildman–Crippen MR) is 95.1 cm³/mol. The summed E-state index contributed by atoms with van der Waals surface area (Å²) in [6.07, 6.45) is 0. The minimum absolute atomic E-state index is 0.0434. The molecule has 2 aromatic heterocycles. The van der Waals surface area contributed by atoms with Crippen molar-refractivity contribution in [2.75, 3.05) is 11.1 Å². The van der Waals surface area contributed by atoms with E-state index in [1.165, 1.54) is 11.8 Å². The van der Waals surface area contributed by atoms with Crippen molar-refractivity contribution in [2.45, 2.75) is 59.4 Å². The van der Waals surface area contributed by atoms with Gasteiger partial charge in [-0.1, -0.05) is 0 Å². The Morgan fingerprint density at radius 3 is 2.42 bits per heavy atom. The number of rotatable bonds is 7. The summed E-state index contributed by atoms with van der Waals surface area (Å²) in [5.41, 5.74) is 2.62. The first kappa shape index (κ1) is 18.4. The van der Waals surface area contributed by atoms with Crippen LogP contribution in [-0.4, -0.2) is 41.6 Å². The highest BCUT2D eigenvalue weighted by Gasteiger charge is 2.16. The number of carbonyl (C=O) groups excluding carboxylic acids is 1. The summed E-state index contributed by atoms with van der Waals surface area (Å²) in [4.78, 5) is 12.2. The highest BCUT2D eigenvalue weighted by atomic mass is 32.2. The van der Waals surface area contributed by atoms with Gasteiger partial charge in [0, 0.05) is 6.04 Å². The van der Waals surface area contributed by atoms with Gasteiger partial charge in [-0.15, -0.1) is 16.9 Å². The van der Waals surface area contributed by atoms with E-state index < -0.39 is 0 Å². The number of aryl methyl sites for hydroxylation is 1. The van der Waals surface area contributed by atoms with Crippen LogP contribution in [0.2, 0.25) is 0 Å². The van der Waals surface area contributed by atoms with Crippen molar-refractivity contribution in [2.24, 2.45) is 0 Å². The molecule has 0 atom stereocenters. The zero-order valence-corrected chi connectivity index (χ0v) is 15.9. The molecule has 2 rings (SSSR count). The molecule has 0 saturated carbocycles. The molecule has 1 N–H and O–H groups in total. The van der Waals surface area contributed by atoms with Gasteiger partial charge in [0.2, 0.25) is 5.91 Å². The molecule has 24 heavy (non-hydrogen) atoms. The summed E-state index contributed by atoms with van der Waals surface area (Å²) in [7, 11) is 0. The van der Waals surface area contributed by atoms with Crippen LogP contribution in [0.25, 0.3) is 0 Å². The molecule has 132 valence electrons. The Balaban J connectivity index is 1.91. The van der Waals surface area contributed by atoms with E-state index in [1.54, 1.807) is 4.68 Å². The van der Waals surface area contributed by atoms with Gasteiger partial charge in [0.05, 0.1) is 34.6 Å². The van der Waals surface area contributed by atoms with Gasteiger partial charge in [0.15, 0.2) is 5.82 Å². The first-order valence-corrected chi connectivity index (χ1v) is 9.16. The van der Waals surface area contributed by atoms with E-state index in [1.807, 2.05) is 32.4 Å². The molecule has 0 saturated heterocycles. The Morgan fingerprint density at radius 1 is 1.17 bits per heavy atom. The standard InChI is InChI=1S/C15H25N7OS/c1-9(2)21-12(6)15(11(5)18-21)16-14(23)8-24-7-13-17-19-20-22(13)10(3)4/h9-10H,7-8H2,1-6H3,(H,16,23). The van der Waals surface area contributed by atoms with E-state index in [4.69, 9.17) is 0 Å². The maximum atomic E-state index is 12.2. The maximum Gasteiger partial charge on any atom is 0.234 e. The van der Waals surface area contributed by atoms with E-state index in [9.17, 15) is 4.79 Å². The Morgan fingerprint density at radius 2 is 1.83 bits per heavy atom. The van der Waals surface area contributed by atoms with Gasteiger partial charge in [-0.2, -0.15) is 5.10 Å². The molecule has 0 aliphatic heterocycles. The van der Waals surface area contributed by atoms with E-state index in [0.717, 1.165) is 22.9 Å². The molecule has 0 fully saturated rings. The fourth-order valence-corrected chi connectivity index (χ4v) is 3.20. The average Bonchev–Trinajstić information content (AvgIpc) is 3.07. The molecule has 2 aromatic rings. The number of tetrazole rings is 1. The number of nitrogens with one attached hydrogen (secondary N) is 1. The van der Waals surface area contributed by atoms with Gasteiger partial charge >= 0.3 is 0 Å². The van der Waals surface area contributed by atoms with Crippen LogP contribution in [0.4, 0.5) is 5.69 Å². The topological polar surface area (TPSA) is 90.5 Å². The summed E-state index contributed by atoms with van der Waals surface area (Å²) >= 11 is 1.49. The van der Waals surface area contributed by atoms with E-state index in [-0.39, 0.29) is 18.0 Å². The second-order valence-corrected chi connectivity index (χ2v) is 7.24. The zero-order chi connectivity index (χ0) is 17.9. The minimum atomic E-state index is -0.0434. The lowest BCUT2D eigenvalue weighted by Crippen LogP contribution is -2.16. The van der Waals surface area contributed by atoms with Crippen molar-refractivity contribution in [1.82, 2.24) is 30.0 Å². The molecule has 1 amide bonds. The highest BCUT2D eigenvalue weighted by Crippen LogP contribution is 2.23. The highest BCUT2D eigenvalue weighted by molar-refractivity contribution is 7.99. The van der Waals surface area contributed by atoms with Gasteiger partial charge in [0.25, 0.3) is 0 Å². The van der Waals surface area contributed by atoms with Gasteiger partial charge in [-0.05, 0) is 52.0 Å².